The molecule has 0 amide bonds. The van der Waals surface area contributed by atoms with Gasteiger partial charge in [0.25, 0.3) is 0 Å². The standard InChI is InChI=1S/C18H22ClNO/c1-2-3-6-13-21-16-11-9-15(10-12-16)14-20-18-8-5-4-7-17(18)19/h4-5,7-12,20H,2-3,6,13-14H2,1H3. The predicted molar refractivity (Wildman–Crippen MR) is 90.2 cm³/mol. The summed E-state index contributed by atoms with van der Waals surface area (Å²) in [6.45, 7) is 3.74. The van der Waals surface area contributed by atoms with E-state index in [-0.39, 0.29) is 0 Å². The van der Waals surface area contributed by atoms with Gasteiger partial charge in [-0.2, -0.15) is 0 Å². The van der Waals surface area contributed by atoms with Gasteiger partial charge in [0, 0.05) is 6.54 Å². The summed E-state index contributed by atoms with van der Waals surface area (Å²) in [6, 6.07) is 16.0. The molecule has 2 rings (SSSR count). The monoisotopic (exact) mass is 303 g/mol. The lowest BCUT2D eigenvalue weighted by molar-refractivity contribution is 0.306. The first-order chi connectivity index (χ1) is 10.3. The summed E-state index contributed by atoms with van der Waals surface area (Å²) in [4.78, 5) is 0. The average Bonchev–Trinajstić information content (AvgIpc) is 2.52. The van der Waals surface area contributed by atoms with E-state index in [2.05, 4.69) is 24.4 Å². The van der Waals surface area contributed by atoms with Crippen molar-refractivity contribution in [3.8, 4) is 5.75 Å². The zero-order chi connectivity index (χ0) is 14.9. The van der Waals surface area contributed by atoms with Crippen molar-refractivity contribution in [2.24, 2.45) is 0 Å². The minimum atomic E-state index is 0.744. The number of nitrogens with one attached hydrogen (secondary N) is 1. The Balaban J connectivity index is 1.81. The van der Waals surface area contributed by atoms with Crippen molar-refractivity contribution < 1.29 is 4.74 Å². The number of para-hydroxylation sites is 1. The fourth-order valence-corrected chi connectivity index (χ4v) is 2.25. The number of hydrogen-bond donors (Lipinski definition) is 1. The van der Waals surface area contributed by atoms with Crippen LogP contribution in [0.3, 0.4) is 0 Å². The second-order valence-corrected chi connectivity index (χ2v) is 5.44. The van der Waals surface area contributed by atoms with E-state index in [0.29, 0.717) is 0 Å². The van der Waals surface area contributed by atoms with Crippen LogP contribution >= 0.6 is 11.6 Å². The van der Waals surface area contributed by atoms with Gasteiger partial charge in [-0.25, -0.2) is 0 Å². The molecule has 0 radical (unpaired) electrons. The van der Waals surface area contributed by atoms with Crippen LogP contribution in [-0.2, 0) is 6.54 Å². The fraction of sp³-hybridized carbons (Fsp3) is 0.333. The number of hydrogen-bond acceptors (Lipinski definition) is 2. The molecule has 21 heavy (non-hydrogen) atoms. The largest absolute Gasteiger partial charge is 0.494 e. The van der Waals surface area contributed by atoms with Crippen molar-refractivity contribution in [1.82, 2.24) is 0 Å². The normalized spacial score (nSPS) is 10.4. The van der Waals surface area contributed by atoms with Crippen molar-refractivity contribution in [3.05, 3.63) is 59.1 Å². The van der Waals surface area contributed by atoms with Gasteiger partial charge in [0.15, 0.2) is 0 Å². The summed E-state index contributed by atoms with van der Waals surface area (Å²) in [7, 11) is 0. The Morgan fingerprint density at radius 1 is 1.00 bits per heavy atom. The quantitative estimate of drug-likeness (QED) is 0.648. The summed E-state index contributed by atoms with van der Waals surface area (Å²) in [5.41, 5.74) is 2.16. The second-order valence-electron chi connectivity index (χ2n) is 5.03. The Labute approximate surface area is 132 Å². The van der Waals surface area contributed by atoms with Gasteiger partial charge in [-0.15, -0.1) is 0 Å². The molecule has 0 aliphatic heterocycles. The molecule has 0 spiro atoms. The van der Waals surface area contributed by atoms with Crippen LogP contribution in [0.2, 0.25) is 5.02 Å². The highest BCUT2D eigenvalue weighted by Gasteiger charge is 1.99. The molecular weight excluding hydrogens is 282 g/mol. The number of benzene rings is 2. The lowest BCUT2D eigenvalue weighted by Crippen LogP contribution is -2.00. The third-order valence-corrected chi connectivity index (χ3v) is 3.63. The molecule has 0 saturated carbocycles. The molecule has 0 aromatic heterocycles. The SMILES string of the molecule is CCCCCOc1ccc(CNc2ccccc2Cl)cc1. The van der Waals surface area contributed by atoms with Gasteiger partial charge in [0.05, 0.1) is 17.3 Å². The van der Waals surface area contributed by atoms with Gasteiger partial charge < -0.3 is 10.1 Å². The third kappa shape index (κ3) is 5.31. The van der Waals surface area contributed by atoms with Crippen LogP contribution in [0.1, 0.15) is 31.7 Å². The second kappa shape index (κ2) is 8.58. The first-order valence-corrected chi connectivity index (χ1v) is 7.87. The molecule has 0 aliphatic carbocycles. The Hall–Kier alpha value is -1.67. The molecule has 1 N–H and O–H groups in total. The zero-order valence-electron chi connectivity index (χ0n) is 12.4. The van der Waals surface area contributed by atoms with Crippen molar-refractivity contribution in [2.45, 2.75) is 32.7 Å². The van der Waals surface area contributed by atoms with E-state index in [1.165, 1.54) is 18.4 Å². The first-order valence-electron chi connectivity index (χ1n) is 7.49. The fourth-order valence-electron chi connectivity index (χ4n) is 2.05. The zero-order valence-corrected chi connectivity index (χ0v) is 13.2. The van der Waals surface area contributed by atoms with Crippen LogP contribution in [0, 0.1) is 0 Å². The minimum absolute atomic E-state index is 0.744. The van der Waals surface area contributed by atoms with Crippen LogP contribution in [0.4, 0.5) is 5.69 Å². The van der Waals surface area contributed by atoms with Crippen LogP contribution in [0.5, 0.6) is 5.75 Å². The van der Waals surface area contributed by atoms with E-state index < -0.39 is 0 Å². The van der Waals surface area contributed by atoms with Gasteiger partial charge in [-0.1, -0.05) is 55.6 Å². The molecule has 0 bridgehead atoms. The number of rotatable bonds is 8. The van der Waals surface area contributed by atoms with E-state index in [4.69, 9.17) is 16.3 Å². The Kier molecular flexibility index (Phi) is 6.42. The molecule has 0 atom stereocenters. The molecule has 2 nitrogen and oxygen atoms in total. The maximum Gasteiger partial charge on any atom is 0.119 e. The molecule has 0 fully saturated rings. The number of halogens is 1. The lowest BCUT2D eigenvalue weighted by atomic mass is 10.2. The van der Waals surface area contributed by atoms with Gasteiger partial charge in [-0.05, 0) is 36.2 Å². The lowest BCUT2D eigenvalue weighted by Gasteiger charge is -2.09. The molecule has 2 aromatic rings. The van der Waals surface area contributed by atoms with Crippen molar-refractivity contribution >= 4 is 17.3 Å². The minimum Gasteiger partial charge on any atom is -0.494 e. The molecule has 0 heterocycles. The molecule has 3 heteroatoms. The van der Waals surface area contributed by atoms with Crippen molar-refractivity contribution in [3.63, 3.8) is 0 Å². The van der Waals surface area contributed by atoms with E-state index >= 15 is 0 Å². The molecule has 0 unspecified atom stereocenters. The number of anilines is 1. The van der Waals surface area contributed by atoms with E-state index in [1.54, 1.807) is 0 Å². The van der Waals surface area contributed by atoms with E-state index in [0.717, 1.165) is 36.0 Å². The van der Waals surface area contributed by atoms with Crippen LogP contribution in [0.15, 0.2) is 48.5 Å². The summed E-state index contributed by atoms with van der Waals surface area (Å²) in [5.74, 6) is 0.938. The van der Waals surface area contributed by atoms with Gasteiger partial charge in [0.2, 0.25) is 0 Å². The molecular formula is C18H22ClNO. The predicted octanol–water partition coefficient (Wildman–Crippen LogP) is 5.52. The maximum atomic E-state index is 6.12. The van der Waals surface area contributed by atoms with Crippen LogP contribution in [-0.4, -0.2) is 6.61 Å². The number of unbranched alkanes of at least 4 members (excludes halogenated alkanes) is 2. The summed E-state index contributed by atoms with van der Waals surface area (Å²) < 4.78 is 5.70. The number of ether oxygens (including phenoxy) is 1. The van der Waals surface area contributed by atoms with E-state index in [1.807, 2.05) is 36.4 Å². The highest BCUT2D eigenvalue weighted by molar-refractivity contribution is 6.33. The van der Waals surface area contributed by atoms with Crippen molar-refractivity contribution in [1.29, 1.82) is 0 Å². The van der Waals surface area contributed by atoms with Crippen LogP contribution in [0.25, 0.3) is 0 Å². The molecule has 112 valence electrons. The Bertz CT molecular complexity index is 539. The smallest absolute Gasteiger partial charge is 0.119 e. The van der Waals surface area contributed by atoms with Gasteiger partial charge in [-0.3, -0.25) is 0 Å². The van der Waals surface area contributed by atoms with Gasteiger partial charge >= 0.3 is 0 Å². The molecule has 0 saturated heterocycles. The van der Waals surface area contributed by atoms with Gasteiger partial charge in [0.1, 0.15) is 5.75 Å². The molecule has 2 aromatic carbocycles. The topological polar surface area (TPSA) is 21.3 Å². The Morgan fingerprint density at radius 2 is 1.76 bits per heavy atom. The van der Waals surface area contributed by atoms with Crippen molar-refractivity contribution in [2.75, 3.05) is 11.9 Å². The summed E-state index contributed by atoms with van der Waals surface area (Å²) >= 11 is 6.12. The van der Waals surface area contributed by atoms with Crippen LogP contribution < -0.4 is 10.1 Å². The Morgan fingerprint density at radius 3 is 2.48 bits per heavy atom. The summed E-state index contributed by atoms with van der Waals surface area (Å²) in [5, 5.41) is 4.08. The highest BCUT2D eigenvalue weighted by Crippen LogP contribution is 2.21. The van der Waals surface area contributed by atoms with E-state index in [9.17, 15) is 0 Å². The highest BCUT2D eigenvalue weighted by atomic mass is 35.5. The summed E-state index contributed by atoms with van der Waals surface area (Å²) in [6.07, 6.45) is 3.56. The molecule has 0 aliphatic rings. The first kappa shape index (κ1) is 15.7. The third-order valence-electron chi connectivity index (χ3n) is 3.30. The average molecular weight is 304 g/mol. The maximum absolute atomic E-state index is 6.12.